The minimum absolute atomic E-state index is 0.227. The van der Waals surface area contributed by atoms with E-state index < -0.39 is 6.10 Å². The predicted molar refractivity (Wildman–Crippen MR) is 73.1 cm³/mol. The highest BCUT2D eigenvalue weighted by atomic mass is 35.5. The minimum Gasteiger partial charge on any atom is -0.491 e. The lowest BCUT2D eigenvalue weighted by Gasteiger charge is -2.13. The van der Waals surface area contributed by atoms with Crippen molar-refractivity contribution in [3.63, 3.8) is 0 Å². The van der Waals surface area contributed by atoms with Gasteiger partial charge in [-0.05, 0) is 36.8 Å². The average molecular weight is 263 g/mol. The number of aryl methyl sites for hydroxylation is 1. The van der Waals surface area contributed by atoms with Gasteiger partial charge < -0.3 is 9.84 Å². The average Bonchev–Trinajstić information content (AvgIpc) is 2.38. The standard InChI is InChI=1S/C15H15ClO2/c1-11-3-2-4-12(9-11)15(17)10-18-14-7-5-13(16)6-8-14/h2-9,15,17H,10H2,1H3. The lowest BCUT2D eigenvalue weighted by molar-refractivity contribution is 0.108. The molecule has 2 rings (SSSR count). The van der Waals surface area contributed by atoms with Gasteiger partial charge in [-0.15, -0.1) is 0 Å². The first-order valence-electron chi connectivity index (χ1n) is 5.78. The molecule has 0 aromatic heterocycles. The SMILES string of the molecule is Cc1cccc(C(O)COc2ccc(Cl)cc2)c1. The molecule has 0 amide bonds. The Kier molecular flexibility index (Phi) is 4.24. The molecule has 0 heterocycles. The number of aliphatic hydroxyl groups is 1. The molecule has 0 saturated heterocycles. The summed E-state index contributed by atoms with van der Waals surface area (Å²) in [5.41, 5.74) is 1.99. The third-order valence-corrected chi connectivity index (χ3v) is 2.90. The maximum absolute atomic E-state index is 10.0. The summed E-state index contributed by atoms with van der Waals surface area (Å²) in [6.45, 7) is 2.22. The first-order valence-corrected chi connectivity index (χ1v) is 6.16. The number of benzene rings is 2. The van der Waals surface area contributed by atoms with E-state index in [1.807, 2.05) is 31.2 Å². The Labute approximate surface area is 112 Å². The number of hydrogen-bond acceptors (Lipinski definition) is 2. The molecule has 94 valence electrons. The number of aliphatic hydroxyl groups excluding tert-OH is 1. The molecule has 0 fully saturated rings. The fourth-order valence-electron chi connectivity index (χ4n) is 1.68. The highest BCUT2D eigenvalue weighted by Gasteiger charge is 2.08. The Bertz CT molecular complexity index is 508. The van der Waals surface area contributed by atoms with Crippen LogP contribution in [0.5, 0.6) is 5.75 Å². The fourth-order valence-corrected chi connectivity index (χ4v) is 1.81. The normalized spacial score (nSPS) is 12.2. The van der Waals surface area contributed by atoms with Gasteiger partial charge in [0.05, 0.1) is 0 Å². The lowest BCUT2D eigenvalue weighted by Crippen LogP contribution is -2.09. The molecule has 18 heavy (non-hydrogen) atoms. The summed E-state index contributed by atoms with van der Waals surface area (Å²) in [7, 11) is 0. The van der Waals surface area contributed by atoms with Crippen molar-refractivity contribution in [1.29, 1.82) is 0 Å². The molecule has 2 aromatic rings. The summed E-state index contributed by atoms with van der Waals surface area (Å²) in [5.74, 6) is 0.700. The maximum Gasteiger partial charge on any atom is 0.119 e. The first-order chi connectivity index (χ1) is 8.65. The summed E-state index contributed by atoms with van der Waals surface area (Å²) in [6, 6.07) is 14.9. The van der Waals surface area contributed by atoms with Crippen molar-refractivity contribution in [2.24, 2.45) is 0 Å². The van der Waals surface area contributed by atoms with Crippen LogP contribution in [-0.2, 0) is 0 Å². The molecule has 1 unspecified atom stereocenters. The smallest absolute Gasteiger partial charge is 0.119 e. The molecular weight excluding hydrogens is 248 g/mol. The van der Waals surface area contributed by atoms with E-state index in [4.69, 9.17) is 16.3 Å². The van der Waals surface area contributed by atoms with Crippen molar-refractivity contribution in [3.05, 3.63) is 64.7 Å². The highest BCUT2D eigenvalue weighted by molar-refractivity contribution is 6.30. The molecule has 2 aromatic carbocycles. The first kappa shape index (κ1) is 12.9. The molecule has 1 N–H and O–H groups in total. The van der Waals surface area contributed by atoms with Crippen molar-refractivity contribution >= 4 is 11.6 Å². The quantitative estimate of drug-likeness (QED) is 0.909. The third-order valence-electron chi connectivity index (χ3n) is 2.65. The molecule has 3 heteroatoms. The van der Waals surface area contributed by atoms with Crippen molar-refractivity contribution in [1.82, 2.24) is 0 Å². The van der Waals surface area contributed by atoms with Gasteiger partial charge in [-0.3, -0.25) is 0 Å². The summed E-state index contributed by atoms with van der Waals surface area (Å²) in [4.78, 5) is 0. The van der Waals surface area contributed by atoms with Crippen LogP contribution in [0.2, 0.25) is 5.02 Å². The Morgan fingerprint density at radius 2 is 1.89 bits per heavy atom. The Morgan fingerprint density at radius 1 is 1.17 bits per heavy atom. The van der Waals surface area contributed by atoms with Gasteiger partial charge in [0.2, 0.25) is 0 Å². The van der Waals surface area contributed by atoms with E-state index in [2.05, 4.69) is 0 Å². The monoisotopic (exact) mass is 262 g/mol. The van der Waals surface area contributed by atoms with Gasteiger partial charge in [0, 0.05) is 5.02 Å². The second-order valence-corrected chi connectivity index (χ2v) is 4.63. The molecule has 0 aliphatic carbocycles. The van der Waals surface area contributed by atoms with Gasteiger partial charge >= 0.3 is 0 Å². The number of ether oxygens (including phenoxy) is 1. The van der Waals surface area contributed by atoms with E-state index >= 15 is 0 Å². The number of rotatable bonds is 4. The van der Waals surface area contributed by atoms with Crippen molar-refractivity contribution < 1.29 is 9.84 Å². The van der Waals surface area contributed by atoms with Crippen LogP contribution in [0.15, 0.2) is 48.5 Å². The van der Waals surface area contributed by atoms with Crippen LogP contribution in [0.1, 0.15) is 17.2 Å². The molecular formula is C15H15ClO2. The molecule has 0 aliphatic heterocycles. The second kappa shape index (κ2) is 5.89. The summed E-state index contributed by atoms with van der Waals surface area (Å²) in [6.07, 6.45) is -0.624. The summed E-state index contributed by atoms with van der Waals surface area (Å²) >= 11 is 5.78. The Hall–Kier alpha value is -1.51. The number of hydrogen-bond donors (Lipinski definition) is 1. The molecule has 0 spiro atoms. The maximum atomic E-state index is 10.0. The van der Waals surface area contributed by atoms with Crippen LogP contribution < -0.4 is 4.74 Å². The fraction of sp³-hybridized carbons (Fsp3) is 0.200. The van der Waals surface area contributed by atoms with Crippen molar-refractivity contribution in [2.75, 3.05) is 6.61 Å². The zero-order chi connectivity index (χ0) is 13.0. The van der Waals surface area contributed by atoms with E-state index in [0.717, 1.165) is 11.1 Å². The summed E-state index contributed by atoms with van der Waals surface area (Å²) in [5, 5.41) is 10.7. The molecule has 1 atom stereocenters. The van der Waals surface area contributed by atoms with E-state index in [-0.39, 0.29) is 6.61 Å². The molecule has 2 nitrogen and oxygen atoms in total. The van der Waals surface area contributed by atoms with Gasteiger partial charge in [0.15, 0.2) is 0 Å². The van der Waals surface area contributed by atoms with E-state index in [9.17, 15) is 5.11 Å². The molecule has 0 aliphatic rings. The van der Waals surface area contributed by atoms with Crippen LogP contribution in [0.4, 0.5) is 0 Å². The van der Waals surface area contributed by atoms with E-state index in [1.54, 1.807) is 24.3 Å². The molecule has 0 saturated carbocycles. The van der Waals surface area contributed by atoms with Gasteiger partial charge in [0.25, 0.3) is 0 Å². The van der Waals surface area contributed by atoms with E-state index in [1.165, 1.54) is 0 Å². The molecule has 0 bridgehead atoms. The van der Waals surface area contributed by atoms with Crippen LogP contribution in [0, 0.1) is 6.92 Å². The van der Waals surface area contributed by atoms with Crippen LogP contribution in [0.3, 0.4) is 0 Å². The largest absolute Gasteiger partial charge is 0.491 e. The van der Waals surface area contributed by atoms with Crippen LogP contribution in [0.25, 0.3) is 0 Å². The summed E-state index contributed by atoms with van der Waals surface area (Å²) < 4.78 is 5.51. The van der Waals surface area contributed by atoms with E-state index in [0.29, 0.717) is 10.8 Å². The Morgan fingerprint density at radius 3 is 2.56 bits per heavy atom. The van der Waals surface area contributed by atoms with Crippen molar-refractivity contribution in [3.8, 4) is 5.75 Å². The third kappa shape index (κ3) is 3.49. The topological polar surface area (TPSA) is 29.5 Å². The van der Waals surface area contributed by atoms with Crippen LogP contribution >= 0.6 is 11.6 Å². The lowest BCUT2D eigenvalue weighted by atomic mass is 10.1. The minimum atomic E-state index is -0.624. The Balaban J connectivity index is 1.96. The predicted octanol–water partition coefficient (Wildman–Crippen LogP) is 3.76. The van der Waals surface area contributed by atoms with Crippen LogP contribution in [-0.4, -0.2) is 11.7 Å². The van der Waals surface area contributed by atoms with Gasteiger partial charge in [0.1, 0.15) is 18.5 Å². The highest BCUT2D eigenvalue weighted by Crippen LogP contribution is 2.19. The second-order valence-electron chi connectivity index (χ2n) is 4.19. The molecule has 0 radical (unpaired) electrons. The number of halogens is 1. The van der Waals surface area contributed by atoms with Crippen molar-refractivity contribution in [2.45, 2.75) is 13.0 Å². The van der Waals surface area contributed by atoms with Gasteiger partial charge in [-0.1, -0.05) is 41.4 Å². The zero-order valence-electron chi connectivity index (χ0n) is 10.1. The zero-order valence-corrected chi connectivity index (χ0v) is 10.9. The van der Waals surface area contributed by atoms with Gasteiger partial charge in [-0.25, -0.2) is 0 Å². The van der Waals surface area contributed by atoms with Gasteiger partial charge in [-0.2, -0.15) is 0 Å².